The predicted molar refractivity (Wildman–Crippen MR) is 68.2 cm³/mol. The van der Waals surface area contributed by atoms with Crippen molar-refractivity contribution in [3.8, 4) is 6.07 Å². The molecule has 0 aliphatic carbocycles. The molecule has 2 aromatic rings. The number of aromatic nitrogens is 1. The SMILES string of the molecule is CSC(=S)n1ccc2cc(C#N)ccc21. The van der Waals surface area contributed by atoms with Crippen LogP contribution in [0.2, 0.25) is 0 Å². The molecule has 0 bridgehead atoms. The van der Waals surface area contributed by atoms with Crippen LogP contribution in [0.15, 0.2) is 30.5 Å². The number of nitriles is 1. The lowest BCUT2D eigenvalue weighted by Crippen LogP contribution is -2.01. The summed E-state index contributed by atoms with van der Waals surface area (Å²) in [4.78, 5) is 0. The maximum atomic E-state index is 8.77. The molecule has 0 amide bonds. The molecule has 2 nitrogen and oxygen atoms in total. The molecular weight excluding hydrogens is 224 g/mol. The Balaban J connectivity index is 2.63. The van der Waals surface area contributed by atoms with Crippen LogP contribution in [0.5, 0.6) is 0 Å². The van der Waals surface area contributed by atoms with Crippen LogP contribution in [0.3, 0.4) is 0 Å². The molecule has 1 aromatic heterocycles. The van der Waals surface area contributed by atoms with Gasteiger partial charge in [-0.1, -0.05) is 24.0 Å². The molecule has 0 N–H and O–H groups in total. The summed E-state index contributed by atoms with van der Waals surface area (Å²) in [7, 11) is 0. The van der Waals surface area contributed by atoms with Crippen LogP contribution in [0.4, 0.5) is 0 Å². The van der Waals surface area contributed by atoms with Gasteiger partial charge in [-0.25, -0.2) is 0 Å². The molecule has 74 valence electrons. The molecule has 0 fully saturated rings. The molecule has 0 radical (unpaired) electrons. The first-order valence-electron chi connectivity index (χ1n) is 4.36. The van der Waals surface area contributed by atoms with Crippen LogP contribution in [-0.2, 0) is 0 Å². The minimum Gasteiger partial charge on any atom is -0.302 e. The highest BCUT2D eigenvalue weighted by atomic mass is 32.2. The Morgan fingerprint density at radius 1 is 1.47 bits per heavy atom. The van der Waals surface area contributed by atoms with E-state index >= 15 is 0 Å². The summed E-state index contributed by atoms with van der Waals surface area (Å²) < 4.78 is 2.77. The van der Waals surface area contributed by atoms with Gasteiger partial charge in [-0.05, 0) is 30.5 Å². The number of rotatable bonds is 0. The Bertz CT molecular complexity index is 563. The van der Waals surface area contributed by atoms with Gasteiger partial charge >= 0.3 is 0 Å². The van der Waals surface area contributed by atoms with Gasteiger partial charge < -0.3 is 4.57 Å². The van der Waals surface area contributed by atoms with Crippen molar-refractivity contribution < 1.29 is 0 Å². The Kier molecular flexibility index (Phi) is 2.76. The van der Waals surface area contributed by atoms with Gasteiger partial charge in [0.2, 0.25) is 0 Å². The third kappa shape index (κ3) is 1.76. The van der Waals surface area contributed by atoms with Crippen molar-refractivity contribution >= 4 is 39.2 Å². The van der Waals surface area contributed by atoms with Gasteiger partial charge in [-0.15, -0.1) is 0 Å². The smallest absolute Gasteiger partial charge is 0.144 e. The van der Waals surface area contributed by atoms with E-state index in [1.165, 1.54) is 11.8 Å². The fraction of sp³-hybridized carbons (Fsp3) is 0.0909. The molecule has 0 aliphatic rings. The third-order valence-electron chi connectivity index (χ3n) is 2.19. The normalized spacial score (nSPS) is 10.1. The first-order chi connectivity index (χ1) is 7.26. The number of hydrogen-bond acceptors (Lipinski definition) is 3. The minimum absolute atomic E-state index is 0.676. The zero-order valence-corrected chi connectivity index (χ0v) is 9.73. The van der Waals surface area contributed by atoms with E-state index in [1.54, 1.807) is 0 Å². The third-order valence-corrected chi connectivity index (χ3v) is 3.43. The van der Waals surface area contributed by atoms with Crippen molar-refractivity contribution in [1.82, 2.24) is 4.57 Å². The highest BCUT2D eigenvalue weighted by Crippen LogP contribution is 2.19. The second-order valence-electron chi connectivity index (χ2n) is 3.04. The first-order valence-corrected chi connectivity index (χ1v) is 5.99. The monoisotopic (exact) mass is 232 g/mol. The topological polar surface area (TPSA) is 28.7 Å². The molecule has 0 spiro atoms. The summed E-state index contributed by atoms with van der Waals surface area (Å²) in [5, 5.41) is 9.82. The summed E-state index contributed by atoms with van der Waals surface area (Å²) >= 11 is 6.76. The average Bonchev–Trinajstić information content (AvgIpc) is 2.70. The average molecular weight is 232 g/mol. The minimum atomic E-state index is 0.676. The Labute approximate surface area is 97.5 Å². The Morgan fingerprint density at radius 2 is 2.27 bits per heavy atom. The van der Waals surface area contributed by atoms with Gasteiger partial charge in [0.1, 0.15) is 4.32 Å². The maximum absolute atomic E-state index is 8.77. The largest absolute Gasteiger partial charge is 0.302 e. The van der Waals surface area contributed by atoms with Crippen LogP contribution in [-0.4, -0.2) is 15.1 Å². The molecule has 2 rings (SSSR count). The van der Waals surface area contributed by atoms with E-state index in [0.29, 0.717) is 5.56 Å². The zero-order valence-electron chi connectivity index (χ0n) is 8.10. The second-order valence-corrected chi connectivity index (χ2v) is 4.48. The lowest BCUT2D eigenvalue weighted by molar-refractivity contribution is 1.28. The highest BCUT2D eigenvalue weighted by Gasteiger charge is 2.04. The van der Waals surface area contributed by atoms with E-state index in [-0.39, 0.29) is 0 Å². The summed E-state index contributed by atoms with van der Waals surface area (Å²) in [5.41, 5.74) is 1.73. The fourth-order valence-corrected chi connectivity index (χ4v) is 1.98. The van der Waals surface area contributed by atoms with E-state index in [4.69, 9.17) is 17.5 Å². The van der Waals surface area contributed by atoms with Crippen molar-refractivity contribution in [1.29, 1.82) is 5.26 Å². The van der Waals surface area contributed by atoms with Crippen LogP contribution in [0, 0.1) is 11.3 Å². The molecule has 1 aromatic carbocycles. The Hall–Kier alpha value is -1.31. The summed E-state index contributed by atoms with van der Waals surface area (Å²) in [6, 6.07) is 9.70. The fourth-order valence-electron chi connectivity index (χ4n) is 1.47. The van der Waals surface area contributed by atoms with Crippen LogP contribution in [0.1, 0.15) is 5.56 Å². The number of thioether (sulfide) groups is 1. The number of hydrogen-bond donors (Lipinski definition) is 0. The first kappa shape index (κ1) is 10.2. The number of nitrogens with zero attached hydrogens (tertiary/aromatic N) is 2. The van der Waals surface area contributed by atoms with E-state index in [2.05, 4.69) is 6.07 Å². The summed E-state index contributed by atoms with van der Waals surface area (Å²) in [6.07, 6.45) is 3.89. The van der Waals surface area contributed by atoms with Crippen molar-refractivity contribution in [2.75, 3.05) is 6.26 Å². The number of benzene rings is 1. The van der Waals surface area contributed by atoms with Gasteiger partial charge in [0.15, 0.2) is 0 Å². The summed E-state index contributed by atoms with van der Waals surface area (Å²) in [6.45, 7) is 0. The molecular formula is C11H8N2S2. The maximum Gasteiger partial charge on any atom is 0.144 e. The van der Waals surface area contributed by atoms with Crippen LogP contribution >= 0.6 is 24.0 Å². The van der Waals surface area contributed by atoms with Gasteiger partial charge in [-0.3, -0.25) is 0 Å². The highest BCUT2D eigenvalue weighted by molar-refractivity contribution is 8.22. The molecule has 0 unspecified atom stereocenters. The standard InChI is InChI=1S/C11H8N2S2/c1-15-11(14)13-5-4-9-6-8(7-12)2-3-10(9)13/h2-6H,1H3. The van der Waals surface area contributed by atoms with Crippen molar-refractivity contribution in [3.63, 3.8) is 0 Å². The van der Waals surface area contributed by atoms with Gasteiger partial charge in [0.05, 0.1) is 17.1 Å². The lowest BCUT2D eigenvalue weighted by Gasteiger charge is -2.03. The van der Waals surface area contributed by atoms with Crippen molar-refractivity contribution in [2.24, 2.45) is 0 Å². The molecule has 4 heteroatoms. The molecule has 0 saturated heterocycles. The number of fused-ring (bicyclic) bond motifs is 1. The van der Waals surface area contributed by atoms with Crippen LogP contribution < -0.4 is 0 Å². The van der Waals surface area contributed by atoms with Crippen molar-refractivity contribution in [3.05, 3.63) is 36.0 Å². The van der Waals surface area contributed by atoms with Gasteiger partial charge in [0.25, 0.3) is 0 Å². The molecule has 1 heterocycles. The number of thiocarbonyl (C=S) groups is 1. The zero-order chi connectivity index (χ0) is 10.8. The van der Waals surface area contributed by atoms with E-state index in [0.717, 1.165) is 15.2 Å². The predicted octanol–water partition coefficient (Wildman–Crippen LogP) is 3.01. The Morgan fingerprint density at radius 3 is 2.93 bits per heavy atom. The van der Waals surface area contributed by atoms with Crippen molar-refractivity contribution in [2.45, 2.75) is 0 Å². The van der Waals surface area contributed by atoms with E-state index < -0.39 is 0 Å². The molecule has 15 heavy (non-hydrogen) atoms. The van der Waals surface area contributed by atoms with Gasteiger partial charge in [-0.2, -0.15) is 5.26 Å². The quantitative estimate of drug-likeness (QED) is 0.654. The lowest BCUT2D eigenvalue weighted by atomic mass is 10.2. The van der Waals surface area contributed by atoms with Gasteiger partial charge in [0, 0.05) is 11.6 Å². The molecule has 0 aliphatic heterocycles. The molecule has 0 atom stereocenters. The molecule has 0 saturated carbocycles. The summed E-state index contributed by atoms with van der Waals surface area (Å²) in [5.74, 6) is 0. The second kappa shape index (κ2) is 4.05. The van der Waals surface area contributed by atoms with E-state index in [1.807, 2.05) is 41.3 Å². The van der Waals surface area contributed by atoms with Crippen LogP contribution in [0.25, 0.3) is 10.9 Å². The van der Waals surface area contributed by atoms with E-state index in [9.17, 15) is 0 Å².